The van der Waals surface area contributed by atoms with Crippen LogP contribution in [-0.4, -0.2) is 38.3 Å². The molecule has 0 saturated heterocycles. The zero-order chi connectivity index (χ0) is 63.8. The fraction of sp³-hybridized carbons (Fsp3) is 0. The average Bonchev–Trinajstić information content (AvgIpc) is 1.56. The normalized spacial score (nSPS) is 12.0. The van der Waals surface area contributed by atoms with Crippen molar-refractivity contribution in [3.05, 3.63) is 321 Å². The van der Waals surface area contributed by atoms with Gasteiger partial charge in [0.25, 0.3) is 0 Å². The monoisotopic (exact) mass is 1260 g/mol. The lowest BCUT2D eigenvalue weighted by molar-refractivity contribution is 1.08. The number of rotatable bonds is 5. The van der Waals surface area contributed by atoms with Crippen LogP contribution in [0, 0.1) is 0 Å². The van der Waals surface area contributed by atoms with E-state index in [1.54, 1.807) is 0 Å². The third kappa shape index (κ3) is 8.30. The minimum atomic E-state index is 0.423. The highest BCUT2D eigenvalue weighted by Crippen LogP contribution is 2.47. The van der Waals surface area contributed by atoms with Crippen LogP contribution in [0.3, 0.4) is 0 Å². The Morgan fingerprint density at radius 3 is 1.21 bits per heavy atom. The number of fused-ring (bicyclic) bond motifs is 12. The molecule has 0 bridgehead atoms. The summed E-state index contributed by atoms with van der Waals surface area (Å²) in [7, 11) is 0. The number of para-hydroxylation sites is 6. The highest BCUT2D eigenvalue weighted by molar-refractivity contribution is 6.34. The molecule has 0 aliphatic carbocycles. The molecule has 14 aromatic carbocycles. The summed E-state index contributed by atoms with van der Waals surface area (Å²) in [6.45, 7) is 0. The maximum Gasteiger partial charge on any atom is 0.165 e. The molecule has 452 valence electrons. The Hall–Kier alpha value is -12.8. The second-order valence-electron chi connectivity index (χ2n) is 24.9. The lowest BCUT2D eigenvalue weighted by Crippen LogP contribution is -2.04. The molecular formula is C88H53ClN8. The Balaban J connectivity index is 0.000000110. The van der Waals surface area contributed by atoms with E-state index in [9.17, 15) is 0 Å². The van der Waals surface area contributed by atoms with Crippen molar-refractivity contribution in [2.24, 2.45) is 0 Å². The summed E-state index contributed by atoms with van der Waals surface area (Å²) in [5, 5.41) is 15.8. The first-order chi connectivity index (χ1) is 48.1. The van der Waals surface area contributed by atoms with Crippen molar-refractivity contribution in [2.75, 3.05) is 0 Å². The van der Waals surface area contributed by atoms with Gasteiger partial charge in [0.15, 0.2) is 11.0 Å². The minimum Gasteiger partial charge on any atom is -0.354 e. The lowest BCUT2D eigenvalue weighted by atomic mass is 10.0. The van der Waals surface area contributed by atoms with Crippen LogP contribution in [0.25, 0.3) is 192 Å². The molecule has 22 rings (SSSR count). The van der Waals surface area contributed by atoms with Crippen molar-refractivity contribution in [3.63, 3.8) is 0 Å². The summed E-state index contributed by atoms with van der Waals surface area (Å²) < 4.78 is 7.28. The molecule has 9 heteroatoms. The number of nitrogens with one attached hydrogen (secondary N) is 1. The van der Waals surface area contributed by atoms with Gasteiger partial charge in [0.05, 0.1) is 66.2 Å². The maximum absolute atomic E-state index is 6.42. The summed E-state index contributed by atoms with van der Waals surface area (Å²) in [6, 6.07) is 111. The summed E-state index contributed by atoms with van der Waals surface area (Å²) in [5.74, 6) is 0.822. The molecule has 0 saturated carbocycles. The van der Waals surface area contributed by atoms with Gasteiger partial charge in [-0.2, -0.15) is 0 Å². The van der Waals surface area contributed by atoms with Gasteiger partial charge in [-0.15, -0.1) is 0 Å². The van der Waals surface area contributed by atoms with Crippen molar-refractivity contribution >= 4 is 153 Å². The van der Waals surface area contributed by atoms with E-state index in [4.69, 9.17) is 26.6 Å². The van der Waals surface area contributed by atoms with Gasteiger partial charge in [-0.25, -0.2) is 19.9 Å². The number of H-pyrrole nitrogens is 1. The third-order valence-electron chi connectivity index (χ3n) is 19.7. The lowest BCUT2D eigenvalue weighted by Gasteiger charge is -2.15. The summed E-state index contributed by atoms with van der Waals surface area (Å²) in [6.07, 6.45) is 0. The molecule has 0 amide bonds. The first-order valence-electron chi connectivity index (χ1n) is 32.7. The molecule has 8 nitrogen and oxygen atoms in total. The number of hydrogen-bond acceptors (Lipinski definition) is 4. The smallest absolute Gasteiger partial charge is 0.165 e. The van der Waals surface area contributed by atoms with Crippen molar-refractivity contribution < 1.29 is 0 Å². The second-order valence-corrected chi connectivity index (χ2v) is 25.3. The standard InChI is InChI=1S/C44H26N4.C24H14N2.C20H13ClN2/c1-3-13-27(14-4-1)29-18-10-22-34-42(29)46-44(41(45-34)28-15-5-2-6-16-28)48-36-24-11-19-31-33-21-9-20-32-30-17-7-8-23-35(30)47(43(32)33)37-25-12-26-38(48)40(37)39(31)36;1-2-12-20-14(6-1)16-8-3-9-17-15-7-4-10-18-22(15)23-19(25-18)11-5-13-21(23)26(20)24(16)17;21-20-18(15-10-5-2-6-11-15)22-17-13-7-12-16(19(17)23-20)14-8-3-1-4-9-14/h1-26H;1-13,25H;1-13H. The Labute approximate surface area is 559 Å². The molecule has 0 aliphatic rings. The molecule has 0 fully saturated rings. The van der Waals surface area contributed by atoms with Gasteiger partial charge in [-0.1, -0.05) is 266 Å². The molecule has 8 aromatic heterocycles. The average molecular weight is 1260 g/mol. The topological polar surface area (TPSA) is 81.1 Å². The predicted molar refractivity (Wildman–Crippen MR) is 405 cm³/mol. The van der Waals surface area contributed by atoms with Gasteiger partial charge < -0.3 is 13.8 Å². The van der Waals surface area contributed by atoms with Crippen LogP contribution in [-0.2, 0) is 0 Å². The van der Waals surface area contributed by atoms with Crippen molar-refractivity contribution in [2.45, 2.75) is 0 Å². The first kappa shape index (κ1) is 54.8. The molecule has 0 atom stereocenters. The van der Waals surface area contributed by atoms with Crippen LogP contribution in [0.15, 0.2) is 315 Å². The Morgan fingerprint density at radius 1 is 0.258 bits per heavy atom. The molecule has 0 aliphatic heterocycles. The first-order valence-corrected chi connectivity index (χ1v) is 33.1. The number of nitrogens with zero attached hydrogens (tertiary/aromatic N) is 7. The van der Waals surface area contributed by atoms with E-state index in [0.29, 0.717) is 10.8 Å². The second kappa shape index (κ2) is 21.7. The Morgan fingerprint density at radius 2 is 0.629 bits per heavy atom. The maximum atomic E-state index is 6.42. The van der Waals surface area contributed by atoms with E-state index >= 15 is 0 Å². The van der Waals surface area contributed by atoms with Gasteiger partial charge in [0.1, 0.15) is 11.4 Å². The van der Waals surface area contributed by atoms with Gasteiger partial charge in [0, 0.05) is 87.1 Å². The van der Waals surface area contributed by atoms with Gasteiger partial charge in [-0.05, 0) is 82.6 Å². The Bertz CT molecular complexity index is 6870. The van der Waals surface area contributed by atoms with Gasteiger partial charge >= 0.3 is 0 Å². The molecule has 0 radical (unpaired) electrons. The van der Waals surface area contributed by atoms with E-state index < -0.39 is 0 Å². The van der Waals surface area contributed by atoms with Gasteiger partial charge in [0.2, 0.25) is 0 Å². The largest absolute Gasteiger partial charge is 0.354 e. The van der Waals surface area contributed by atoms with E-state index in [1.807, 2.05) is 66.7 Å². The molecular weight excluding hydrogens is 1200 g/mol. The molecule has 1 N–H and O–H groups in total. The van der Waals surface area contributed by atoms with E-state index in [2.05, 4.69) is 272 Å². The number of aromatic nitrogens is 8. The third-order valence-corrected chi connectivity index (χ3v) is 19.9. The number of hydrogen-bond donors (Lipinski definition) is 1. The summed E-state index contributed by atoms with van der Waals surface area (Å²) in [4.78, 5) is 24.0. The summed E-state index contributed by atoms with van der Waals surface area (Å²) in [5.41, 5.74) is 23.4. The molecule has 0 unspecified atom stereocenters. The SMILES string of the molecule is Clc1nc2c(-c3ccccc3)cccc2nc1-c1ccccc1.c1cc2[nH]c3cccc4c3c2c(c1)c1cccc2c3ccccc3n4c12.c1ccc(-c2nc3cccc(-c4ccccc4)c3nc2-n2c3cccc4c5cccc6c7ccccc7n(c7cccc2c7c43)c56)cc1. The zero-order valence-corrected chi connectivity index (χ0v) is 52.8. The molecule has 97 heavy (non-hydrogen) atoms. The number of halogens is 1. The predicted octanol–water partition coefficient (Wildman–Crippen LogP) is 23.3. The zero-order valence-electron chi connectivity index (χ0n) is 52.0. The Kier molecular flexibility index (Phi) is 12.2. The molecule has 22 aromatic rings. The number of aromatic amines is 1. The van der Waals surface area contributed by atoms with E-state index in [1.165, 1.54) is 109 Å². The quantitative estimate of drug-likeness (QED) is 0.186. The van der Waals surface area contributed by atoms with Crippen LogP contribution >= 0.6 is 11.6 Å². The highest BCUT2D eigenvalue weighted by Gasteiger charge is 2.26. The van der Waals surface area contributed by atoms with Crippen LogP contribution in [0.5, 0.6) is 0 Å². The fourth-order valence-electron chi connectivity index (χ4n) is 15.6. The van der Waals surface area contributed by atoms with E-state index in [0.717, 1.165) is 78.0 Å². The van der Waals surface area contributed by atoms with Crippen LogP contribution < -0.4 is 0 Å². The highest BCUT2D eigenvalue weighted by atomic mass is 35.5. The number of benzene rings is 14. The van der Waals surface area contributed by atoms with Gasteiger partial charge in [-0.3, -0.25) is 4.57 Å². The summed E-state index contributed by atoms with van der Waals surface area (Å²) >= 11 is 6.42. The van der Waals surface area contributed by atoms with Crippen molar-refractivity contribution in [3.8, 4) is 50.6 Å². The molecule has 8 heterocycles. The van der Waals surface area contributed by atoms with Crippen LogP contribution in [0.1, 0.15) is 0 Å². The minimum absolute atomic E-state index is 0.423. The van der Waals surface area contributed by atoms with Crippen LogP contribution in [0.4, 0.5) is 0 Å². The fourth-order valence-corrected chi connectivity index (χ4v) is 15.9. The van der Waals surface area contributed by atoms with Crippen molar-refractivity contribution in [1.29, 1.82) is 0 Å². The van der Waals surface area contributed by atoms with E-state index in [-0.39, 0.29) is 0 Å². The van der Waals surface area contributed by atoms with Crippen molar-refractivity contribution in [1.82, 2.24) is 38.3 Å². The van der Waals surface area contributed by atoms with Crippen LogP contribution in [0.2, 0.25) is 5.15 Å². The molecule has 0 spiro atoms.